The van der Waals surface area contributed by atoms with Crippen LogP contribution in [0.15, 0.2) is 47.8 Å². The highest BCUT2D eigenvalue weighted by molar-refractivity contribution is 7.09. The molecule has 0 radical (unpaired) electrons. The molecular formula is C22H22Cl2N2O3S. The number of aromatic nitrogens is 1. The van der Waals surface area contributed by atoms with Crippen molar-refractivity contribution in [2.45, 2.75) is 33.0 Å². The molecule has 0 saturated carbocycles. The number of ether oxygens (including phenoxy) is 2. The molecule has 5 nitrogen and oxygen atoms in total. The summed E-state index contributed by atoms with van der Waals surface area (Å²) in [7, 11) is 1.56. The third kappa shape index (κ3) is 5.45. The normalized spacial score (nSPS) is 10.9. The molecule has 3 rings (SSSR count). The van der Waals surface area contributed by atoms with Crippen molar-refractivity contribution >= 4 is 40.4 Å². The number of thiazole rings is 1. The molecule has 0 aliphatic rings. The quantitative estimate of drug-likeness (QED) is 0.404. The molecule has 0 aliphatic carbocycles. The van der Waals surface area contributed by atoms with Gasteiger partial charge in [0.25, 0.3) is 5.91 Å². The minimum absolute atomic E-state index is 0.00548. The van der Waals surface area contributed by atoms with Gasteiger partial charge in [0.1, 0.15) is 23.1 Å². The summed E-state index contributed by atoms with van der Waals surface area (Å²) in [6, 6.07) is 12.3. The second-order valence-corrected chi connectivity index (χ2v) is 8.61. The number of methoxy groups -OCH3 is 1. The SMILES string of the molecule is COc1ccccc1C(=O)N(Cc1csc(COc2cc(Cl)ccc2Cl)n1)C(C)C. The maximum absolute atomic E-state index is 13.1. The number of hydrogen-bond acceptors (Lipinski definition) is 5. The lowest BCUT2D eigenvalue weighted by molar-refractivity contribution is 0.0684. The fourth-order valence-electron chi connectivity index (χ4n) is 2.85. The molecule has 0 saturated heterocycles. The molecule has 8 heteroatoms. The van der Waals surface area contributed by atoms with Gasteiger partial charge in [-0.1, -0.05) is 35.3 Å². The molecule has 0 bridgehead atoms. The molecule has 0 fully saturated rings. The monoisotopic (exact) mass is 464 g/mol. The van der Waals surface area contributed by atoms with E-state index in [2.05, 4.69) is 4.98 Å². The fourth-order valence-corrected chi connectivity index (χ4v) is 3.89. The van der Waals surface area contributed by atoms with E-state index in [4.69, 9.17) is 32.7 Å². The summed E-state index contributed by atoms with van der Waals surface area (Å²) in [5, 5.41) is 3.76. The van der Waals surface area contributed by atoms with E-state index >= 15 is 0 Å². The second kappa shape index (κ2) is 10.2. The van der Waals surface area contributed by atoms with E-state index in [1.807, 2.05) is 31.4 Å². The van der Waals surface area contributed by atoms with Gasteiger partial charge >= 0.3 is 0 Å². The van der Waals surface area contributed by atoms with Crippen molar-refractivity contribution < 1.29 is 14.3 Å². The van der Waals surface area contributed by atoms with E-state index in [9.17, 15) is 4.79 Å². The van der Waals surface area contributed by atoms with Crippen LogP contribution in [0.25, 0.3) is 0 Å². The molecule has 0 unspecified atom stereocenters. The summed E-state index contributed by atoms with van der Waals surface area (Å²) in [4.78, 5) is 19.5. The number of amides is 1. The van der Waals surface area contributed by atoms with Gasteiger partial charge in [0, 0.05) is 22.5 Å². The maximum atomic E-state index is 13.1. The summed E-state index contributed by atoms with van der Waals surface area (Å²) in [6.45, 7) is 4.62. The van der Waals surface area contributed by atoms with Crippen LogP contribution in [-0.4, -0.2) is 28.9 Å². The minimum Gasteiger partial charge on any atom is -0.496 e. The number of rotatable bonds is 8. The lowest BCUT2D eigenvalue weighted by Gasteiger charge is -2.26. The van der Waals surface area contributed by atoms with Gasteiger partial charge in [0.05, 0.1) is 29.9 Å². The number of carbonyl (C=O) groups excluding carboxylic acids is 1. The van der Waals surface area contributed by atoms with E-state index in [-0.39, 0.29) is 18.6 Å². The topological polar surface area (TPSA) is 51.7 Å². The molecule has 2 aromatic carbocycles. The Balaban J connectivity index is 1.70. The highest BCUT2D eigenvalue weighted by Crippen LogP contribution is 2.29. The van der Waals surface area contributed by atoms with Crippen LogP contribution in [0.2, 0.25) is 10.0 Å². The maximum Gasteiger partial charge on any atom is 0.258 e. The van der Waals surface area contributed by atoms with E-state index in [1.54, 1.807) is 42.3 Å². The molecule has 1 heterocycles. The Labute approximate surface area is 190 Å². The highest BCUT2D eigenvalue weighted by Gasteiger charge is 2.23. The summed E-state index contributed by atoms with van der Waals surface area (Å²) >= 11 is 13.6. The van der Waals surface area contributed by atoms with Gasteiger partial charge in [-0.05, 0) is 38.1 Å². The molecule has 1 aromatic heterocycles. The standard InChI is InChI=1S/C22H22Cl2N2O3S/c1-14(2)26(22(27)17-6-4-5-7-19(17)28-3)11-16-13-30-21(25-16)12-29-20-10-15(23)8-9-18(20)24/h4-10,13-14H,11-12H2,1-3H3. The van der Waals surface area contributed by atoms with Gasteiger partial charge in [0.15, 0.2) is 0 Å². The molecule has 0 aliphatic heterocycles. The lowest BCUT2D eigenvalue weighted by atomic mass is 10.1. The number of halogens is 2. The smallest absolute Gasteiger partial charge is 0.258 e. The van der Waals surface area contributed by atoms with Crippen molar-refractivity contribution in [3.8, 4) is 11.5 Å². The summed E-state index contributed by atoms with van der Waals surface area (Å²) < 4.78 is 11.1. The Morgan fingerprint density at radius 2 is 1.93 bits per heavy atom. The molecule has 30 heavy (non-hydrogen) atoms. The first-order valence-electron chi connectivity index (χ1n) is 9.34. The van der Waals surface area contributed by atoms with Crippen molar-refractivity contribution in [2.24, 2.45) is 0 Å². The van der Waals surface area contributed by atoms with Crippen LogP contribution < -0.4 is 9.47 Å². The van der Waals surface area contributed by atoms with Crippen molar-refractivity contribution in [2.75, 3.05) is 7.11 Å². The molecule has 1 amide bonds. The molecule has 0 atom stereocenters. The predicted octanol–water partition coefficient (Wildman–Crippen LogP) is 6.09. The summed E-state index contributed by atoms with van der Waals surface area (Å²) in [5.74, 6) is 0.967. The van der Waals surface area contributed by atoms with Crippen molar-refractivity contribution in [3.05, 3.63) is 74.2 Å². The zero-order valence-corrected chi connectivity index (χ0v) is 19.2. The summed E-state index contributed by atoms with van der Waals surface area (Å²) in [6.07, 6.45) is 0. The minimum atomic E-state index is -0.0982. The van der Waals surface area contributed by atoms with Crippen molar-refractivity contribution in [1.29, 1.82) is 0 Å². The first kappa shape index (κ1) is 22.4. The van der Waals surface area contributed by atoms with Crippen LogP contribution in [0.4, 0.5) is 0 Å². The van der Waals surface area contributed by atoms with Gasteiger partial charge in [-0.25, -0.2) is 4.98 Å². The Bertz CT molecular complexity index is 1020. The van der Waals surface area contributed by atoms with Gasteiger partial charge < -0.3 is 14.4 Å². The van der Waals surface area contributed by atoms with Gasteiger partial charge in [-0.2, -0.15) is 0 Å². The average Bonchev–Trinajstić information content (AvgIpc) is 3.19. The van der Waals surface area contributed by atoms with Crippen LogP contribution in [0.5, 0.6) is 11.5 Å². The number of carbonyl (C=O) groups is 1. The average molecular weight is 465 g/mol. The summed E-state index contributed by atoms with van der Waals surface area (Å²) in [5.41, 5.74) is 1.33. The fraction of sp³-hybridized carbons (Fsp3) is 0.273. The zero-order chi connectivity index (χ0) is 21.7. The van der Waals surface area contributed by atoms with Crippen LogP contribution in [0.1, 0.15) is 34.9 Å². The van der Waals surface area contributed by atoms with E-state index in [1.165, 1.54) is 11.3 Å². The van der Waals surface area contributed by atoms with Gasteiger partial charge in [0.2, 0.25) is 0 Å². The molecule has 0 spiro atoms. The van der Waals surface area contributed by atoms with Crippen molar-refractivity contribution in [1.82, 2.24) is 9.88 Å². The van der Waals surface area contributed by atoms with Crippen LogP contribution in [0, 0.1) is 0 Å². The lowest BCUT2D eigenvalue weighted by Crippen LogP contribution is -2.36. The number of nitrogens with zero attached hydrogens (tertiary/aromatic N) is 2. The molecule has 158 valence electrons. The van der Waals surface area contributed by atoms with Gasteiger partial charge in [-0.3, -0.25) is 4.79 Å². The first-order chi connectivity index (χ1) is 14.4. The molecule has 0 N–H and O–H groups in total. The molecule has 3 aromatic rings. The van der Waals surface area contributed by atoms with E-state index < -0.39 is 0 Å². The second-order valence-electron chi connectivity index (χ2n) is 6.82. The predicted molar refractivity (Wildman–Crippen MR) is 121 cm³/mol. The third-order valence-corrected chi connectivity index (χ3v) is 5.82. The first-order valence-corrected chi connectivity index (χ1v) is 11.0. The van der Waals surface area contributed by atoms with E-state index in [0.29, 0.717) is 33.7 Å². The van der Waals surface area contributed by atoms with Crippen molar-refractivity contribution in [3.63, 3.8) is 0 Å². The van der Waals surface area contributed by atoms with Crippen LogP contribution in [0.3, 0.4) is 0 Å². The Morgan fingerprint density at radius 3 is 2.67 bits per heavy atom. The Morgan fingerprint density at radius 1 is 1.17 bits per heavy atom. The third-order valence-electron chi connectivity index (χ3n) is 4.40. The number of para-hydroxylation sites is 1. The largest absolute Gasteiger partial charge is 0.496 e. The molecular weight excluding hydrogens is 443 g/mol. The Kier molecular flexibility index (Phi) is 7.58. The Hall–Kier alpha value is -2.28. The number of hydrogen-bond donors (Lipinski definition) is 0. The van der Waals surface area contributed by atoms with Crippen LogP contribution >= 0.6 is 34.5 Å². The zero-order valence-electron chi connectivity index (χ0n) is 16.9. The van der Waals surface area contributed by atoms with Crippen LogP contribution in [-0.2, 0) is 13.2 Å². The number of benzene rings is 2. The van der Waals surface area contributed by atoms with Gasteiger partial charge in [-0.15, -0.1) is 11.3 Å². The highest BCUT2D eigenvalue weighted by atomic mass is 35.5. The van der Waals surface area contributed by atoms with E-state index in [0.717, 1.165) is 10.7 Å².